The molecule has 1 aliphatic heterocycles. The van der Waals surface area contributed by atoms with Crippen molar-refractivity contribution in [3.8, 4) is 0 Å². The molecular weight excluding hydrogens is 374 g/mol. The Labute approximate surface area is 176 Å². The lowest BCUT2D eigenvalue weighted by molar-refractivity contribution is -0.135. The molecule has 0 bridgehead atoms. The maximum Gasteiger partial charge on any atom is 0.264 e. The summed E-state index contributed by atoms with van der Waals surface area (Å²) < 4.78 is 0. The number of para-hydroxylation sites is 1. The topological polar surface area (TPSA) is 57.6 Å². The van der Waals surface area contributed by atoms with Crippen molar-refractivity contribution in [2.45, 2.75) is 18.9 Å². The van der Waals surface area contributed by atoms with E-state index in [2.05, 4.69) is 0 Å². The first kappa shape index (κ1) is 19.8. The molecule has 0 saturated carbocycles. The average molecular weight is 397 g/mol. The standard InChI is InChI=1S/C26H23NO3/c1-19-13-15-21(16-14-19)24(28)18-26(30)22-11-5-6-12-23(22)27(25(26)29)17-7-10-20-8-3-2-4-9-20/h2-16,30H,17-18H2,1H3/b10-7+/t26-/m0/s1. The van der Waals surface area contributed by atoms with Crippen LogP contribution in [0.5, 0.6) is 0 Å². The van der Waals surface area contributed by atoms with Gasteiger partial charge in [-0.2, -0.15) is 0 Å². The van der Waals surface area contributed by atoms with Crippen LogP contribution in [0.4, 0.5) is 5.69 Å². The quantitative estimate of drug-likeness (QED) is 0.623. The van der Waals surface area contributed by atoms with Crippen LogP contribution in [0.1, 0.15) is 33.5 Å². The fourth-order valence-corrected chi connectivity index (χ4v) is 3.79. The van der Waals surface area contributed by atoms with Crippen molar-refractivity contribution in [1.29, 1.82) is 0 Å². The molecule has 0 saturated heterocycles. The molecule has 150 valence electrons. The van der Waals surface area contributed by atoms with E-state index in [0.717, 1.165) is 11.1 Å². The lowest BCUT2D eigenvalue weighted by Gasteiger charge is -2.22. The van der Waals surface area contributed by atoms with Gasteiger partial charge >= 0.3 is 0 Å². The second-order valence-corrected chi connectivity index (χ2v) is 7.57. The van der Waals surface area contributed by atoms with Crippen molar-refractivity contribution in [2.75, 3.05) is 11.4 Å². The molecule has 3 aromatic carbocycles. The Hall–Kier alpha value is -3.50. The average Bonchev–Trinajstić information content (AvgIpc) is 2.97. The molecule has 4 nitrogen and oxygen atoms in total. The van der Waals surface area contributed by atoms with Crippen molar-refractivity contribution < 1.29 is 14.7 Å². The third-order valence-corrected chi connectivity index (χ3v) is 5.43. The molecule has 1 N–H and O–H groups in total. The SMILES string of the molecule is Cc1ccc(C(=O)C[C@@]2(O)C(=O)N(C/C=C/c3ccccc3)c3ccccc32)cc1. The molecule has 4 heteroatoms. The molecule has 1 atom stereocenters. The monoisotopic (exact) mass is 397 g/mol. The zero-order valence-electron chi connectivity index (χ0n) is 16.8. The summed E-state index contributed by atoms with van der Waals surface area (Å²) in [7, 11) is 0. The van der Waals surface area contributed by atoms with Crippen molar-refractivity contribution in [1.82, 2.24) is 0 Å². The van der Waals surface area contributed by atoms with E-state index in [4.69, 9.17) is 0 Å². The van der Waals surface area contributed by atoms with Gasteiger partial charge in [0.05, 0.1) is 12.1 Å². The van der Waals surface area contributed by atoms with Gasteiger partial charge in [0.15, 0.2) is 11.4 Å². The highest BCUT2D eigenvalue weighted by Gasteiger charge is 2.50. The molecule has 0 spiro atoms. The fraction of sp³-hybridized carbons (Fsp3) is 0.154. The van der Waals surface area contributed by atoms with Gasteiger partial charge in [-0.05, 0) is 18.6 Å². The van der Waals surface area contributed by atoms with Gasteiger partial charge in [-0.3, -0.25) is 9.59 Å². The van der Waals surface area contributed by atoms with Crippen LogP contribution in [-0.2, 0) is 10.4 Å². The minimum atomic E-state index is -1.86. The molecule has 0 fully saturated rings. The molecule has 1 heterocycles. The van der Waals surface area contributed by atoms with Gasteiger partial charge in [0.1, 0.15) is 0 Å². The van der Waals surface area contributed by atoms with Gasteiger partial charge in [0.25, 0.3) is 5.91 Å². The van der Waals surface area contributed by atoms with Gasteiger partial charge in [0.2, 0.25) is 0 Å². The van der Waals surface area contributed by atoms with Gasteiger partial charge in [-0.15, -0.1) is 0 Å². The predicted octanol–water partition coefficient (Wildman–Crippen LogP) is 4.52. The number of Topliss-reactive ketones (excluding diaryl/α,β-unsaturated/α-hetero) is 1. The number of benzene rings is 3. The summed E-state index contributed by atoms with van der Waals surface area (Å²) in [6, 6.07) is 24.1. The zero-order valence-corrected chi connectivity index (χ0v) is 16.8. The highest BCUT2D eigenvalue weighted by atomic mass is 16.3. The summed E-state index contributed by atoms with van der Waals surface area (Å²) in [5, 5.41) is 11.3. The Balaban J connectivity index is 1.59. The molecule has 0 aliphatic carbocycles. The Morgan fingerprint density at radius 1 is 0.967 bits per heavy atom. The van der Waals surface area contributed by atoms with Gasteiger partial charge in [-0.1, -0.05) is 90.5 Å². The number of hydrogen-bond donors (Lipinski definition) is 1. The number of anilines is 1. The highest BCUT2D eigenvalue weighted by molar-refractivity contribution is 6.10. The predicted molar refractivity (Wildman–Crippen MR) is 118 cm³/mol. The van der Waals surface area contributed by atoms with Crippen LogP contribution in [0.15, 0.2) is 84.9 Å². The maximum atomic E-state index is 13.2. The van der Waals surface area contributed by atoms with Crippen LogP contribution in [0.3, 0.4) is 0 Å². The van der Waals surface area contributed by atoms with Crippen molar-refractivity contribution >= 4 is 23.5 Å². The first-order valence-corrected chi connectivity index (χ1v) is 9.94. The van der Waals surface area contributed by atoms with Gasteiger partial charge in [0, 0.05) is 17.7 Å². The van der Waals surface area contributed by atoms with E-state index in [0.29, 0.717) is 23.4 Å². The number of ketones is 1. The van der Waals surface area contributed by atoms with Crippen LogP contribution in [0, 0.1) is 6.92 Å². The first-order valence-electron chi connectivity index (χ1n) is 9.94. The normalized spacial score (nSPS) is 18.1. The summed E-state index contributed by atoms with van der Waals surface area (Å²) >= 11 is 0. The summed E-state index contributed by atoms with van der Waals surface area (Å²) in [4.78, 5) is 27.6. The van der Waals surface area contributed by atoms with Crippen LogP contribution >= 0.6 is 0 Å². The van der Waals surface area contributed by atoms with E-state index in [1.165, 1.54) is 4.90 Å². The largest absolute Gasteiger partial charge is 0.375 e. The second kappa shape index (κ2) is 8.09. The number of aliphatic hydroxyl groups is 1. The van der Waals surface area contributed by atoms with E-state index in [-0.39, 0.29) is 12.2 Å². The summed E-state index contributed by atoms with van der Waals surface area (Å²) in [6.07, 6.45) is 3.53. The molecule has 30 heavy (non-hydrogen) atoms. The number of amides is 1. The van der Waals surface area contributed by atoms with Crippen LogP contribution in [-0.4, -0.2) is 23.3 Å². The number of aryl methyl sites for hydroxylation is 1. The molecule has 1 amide bonds. The van der Waals surface area contributed by atoms with Gasteiger partial charge in [-0.25, -0.2) is 0 Å². The number of fused-ring (bicyclic) bond motifs is 1. The number of carbonyl (C=O) groups excluding carboxylic acids is 2. The van der Waals surface area contributed by atoms with E-state index in [9.17, 15) is 14.7 Å². The summed E-state index contributed by atoms with van der Waals surface area (Å²) in [6.45, 7) is 2.26. The van der Waals surface area contributed by atoms with Crippen LogP contribution in [0.2, 0.25) is 0 Å². The Kier molecular flexibility index (Phi) is 5.34. The van der Waals surface area contributed by atoms with E-state index >= 15 is 0 Å². The summed E-state index contributed by atoms with van der Waals surface area (Å²) in [5.41, 5.74) is 1.81. The Bertz CT molecular complexity index is 1100. The Morgan fingerprint density at radius 2 is 1.63 bits per heavy atom. The van der Waals surface area contributed by atoms with Crippen molar-refractivity contribution in [2.24, 2.45) is 0 Å². The van der Waals surface area contributed by atoms with Crippen LogP contribution < -0.4 is 4.90 Å². The lowest BCUT2D eigenvalue weighted by Crippen LogP contribution is -2.42. The number of hydrogen-bond acceptors (Lipinski definition) is 3. The number of nitrogens with zero attached hydrogens (tertiary/aromatic N) is 1. The Morgan fingerprint density at radius 3 is 2.37 bits per heavy atom. The number of carbonyl (C=O) groups is 2. The third-order valence-electron chi connectivity index (χ3n) is 5.43. The minimum absolute atomic E-state index is 0.262. The van der Waals surface area contributed by atoms with E-state index in [1.807, 2.05) is 67.6 Å². The molecule has 0 radical (unpaired) electrons. The minimum Gasteiger partial charge on any atom is -0.375 e. The first-order chi connectivity index (χ1) is 14.5. The molecule has 0 aromatic heterocycles. The highest BCUT2D eigenvalue weighted by Crippen LogP contribution is 2.42. The number of rotatable bonds is 6. The van der Waals surface area contributed by atoms with Crippen molar-refractivity contribution in [3.05, 3.63) is 107 Å². The third kappa shape index (κ3) is 3.70. The van der Waals surface area contributed by atoms with Crippen LogP contribution in [0.25, 0.3) is 6.08 Å². The second-order valence-electron chi connectivity index (χ2n) is 7.57. The zero-order chi connectivity index (χ0) is 21.1. The molecule has 0 unspecified atom stereocenters. The molecule has 1 aliphatic rings. The smallest absolute Gasteiger partial charge is 0.264 e. The summed E-state index contributed by atoms with van der Waals surface area (Å²) in [5.74, 6) is -0.732. The fourth-order valence-electron chi connectivity index (χ4n) is 3.79. The molecule has 4 rings (SSSR count). The van der Waals surface area contributed by atoms with Crippen molar-refractivity contribution in [3.63, 3.8) is 0 Å². The van der Waals surface area contributed by atoms with E-state index in [1.54, 1.807) is 30.3 Å². The lowest BCUT2D eigenvalue weighted by atomic mass is 9.88. The molecular formula is C26H23NO3. The molecule has 3 aromatic rings. The van der Waals surface area contributed by atoms with E-state index < -0.39 is 11.5 Å². The van der Waals surface area contributed by atoms with Gasteiger partial charge < -0.3 is 10.0 Å². The maximum absolute atomic E-state index is 13.2.